The summed E-state index contributed by atoms with van der Waals surface area (Å²) in [5.74, 6) is 5.32. The molecule has 2 atom stereocenters. The lowest BCUT2D eigenvalue weighted by Gasteiger charge is -2.20. The molecule has 0 spiro atoms. The van der Waals surface area contributed by atoms with E-state index in [1.807, 2.05) is 36.4 Å². The van der Waals surface area contributed by atoms with E-state index in [-0.39, 0.29) is 26.3 Å². The van der Waals surface area contributed by atoms with E-state index in [2.05, 4.69) is 0 Å². The summed E-state index contributed by atoms with van der Waals surface area (Å²) in [6, 6.07) is 12.0. The first-order valence-corrected chi connectivity index (χ1v) is 5.67. The zero-order valence-corrected chi connectivity index (χ0v) is 10.3. The molecule has 6 N–H and O–H groups in total. The number of hydrazine groups is 1. The summed E-state index contributed by atoms with van der Waals surface area (Å²) < 4.78 is 0. The molecule has 0 saturated heterocycles. The van der Waals surface area contributed by atoms with Gasteiger partial charge in [-0.1, -0.05) is 36.4 Å². The molecular weight excluding hydrogens is 236 g/mol. The molecule has 1 aromatic rings. The second-order valence-electron chi connectivity index (χ2n) is 3.78. The van der Waals surface area contributed by atoms with Crippen LogP contribution in [0.4, 0.5) is 0 Å². The van der Waals surface area contributed by atoms with E-state index in [4.69, 9.17) is 26.3 Å². The van der Waals surface area contributed by atoms with Crippen LogP contribution in [-0.2, 0) is 0 Å². The van der Waals surface area contributed by atoms with E-state index in [0.29, 0.717) is 0 Å². The van der Waals surface area contributed by atoms with E-state index < -0.39 is 12.2 Å². The highest BCUT2D eigenvalue weighted by molar-refractivity contribution is 4.99. The summed E-state index contributed by atoms with van der Waals surface area (Å²) >= 11 is 0. The van der Waals surface area contributed by atoms with Gasteiger partial charge in [-0.25, -0.2) is 5.01 Å². The zero-order chi connectivity index (χ0) is 13.8. The van der Waals surface area contributed by atoms with Gasteiger partial charge < -0.3 is 20.4 Å². The standard InChI is InChI=1S/C6H16N2O4.C6H6/c7-8(1-5(11)3-9)2-6(12)4-10;1-2-4-6-5-3-1/h5-6,9-12H,1-4,7H2;1-6H. The van der Waals surface area contributed by atoms with Crippen LogP contribution >= 0.6 is 0 Å². The Bertz CT molecular complexity index is 235. The van der Waals surface area contributed by atoms with Gasteiger partial charge in [0.25, 0.3) is 0 Å². The first kappa shape index (κ1) is 17.0. The monoisotopic (exact) mass is 258 g/mol. The van der Waals surface area contributed by atoms with Crippen molar-refractivity contribution in [2.24, 2.45) is 5.84 Å². The normalized spacial score (nSPS) is 13.7. The number of benzene rings is 1. The van der Waals surface area contributed by atoms with Crippen LogP contribution in [0.5, 0.6) is 0 Å². The van der Waals surface area contributed by atoms with Crippen molar-refractivity contribution in [3.8, 4) is 0 Å². The average Bonchev–Trinajstić information content (AvgIpc) is 2.40. The molecule has 6 nitrogen and oxygen atoms in total. The highest BCUT2D eigenvalue weighted by atomic mass is 16.3. The third-order valence-corrected chi connectivity index (χ3v) is 1.98. The van der Waals surface area contributed by atoms with Crippen LogP contribution in [0.15, 0.2) is 36.4 Å². The van der Waals surface area contributed by atoms with Crippen molar-refractivity contribution >= 4 is 0 Å². The Kier molecular flexibility index (Phi) is 10.5. The van der Waals surface area contributed by atoms with E-state index in [0.717, 1.165) is 5.01 Å². The molecule has 18 heavy (non-hydrogen) atoms. The van der Waals surface area contributed by atoms with Gasteiger partial charge in [-0.2, -0.15) is 0 Å². The van der Waals surface area contributed by atoms with Crippen LogP contribution < -0.4 is 5.84 Å². The molecule has 0 bridgehead atoms. The maximum absolute atomic E-state index is 8.90. The topological polar surface area (TPSA) is 110 Å². The van der Waals surface area contributed by atoms with Gasteiger partial charge in [-0.15, -0.1) is 0 Å². The fourth-order valence-corrected chi connectivity index (χ4v) is 1.12. The van der Waals surface area contributed by atoms with Crippen LogP contribution in [0.3, 0.4) is 0 Å². The Balaban J connectivity index is 0.000000397. The molecule has 6 heteroatoms. The van der Waals surface area contributed by atoms with Crippen LogP contribution in [0.25, 0.3) is 0 Å². The number of nitrogens with two attached hydrogens (primary N) is 1. The van der Waals surface area contributed by atoms with E-state index in [9.17, 15) is 0 Å². The molecule has 0 heterocycles. The molecule has 2 unspecified atom stereocenters. The summed E-state index contributed by atoms with van der Waals surface area (Å²) in [5.41, 5.74) is 0. The number of aliphatic hydroxyl groups is 4. The van der Waals surface area contributed by atoms with Gasteiger partial charge in [0, 0.05) is 13.1 Å². The second-order valence-corrected chi connectivity index (χ2v) is 3.78. The van der Waals surface area contributed by atoms with Crippen LogP contribution in [0.2, 0.25) is 0 Å². The number of nitrogens with zero attached hydrogens (tertiary/aromatic N) is 1. The van der Waals surface area contributed by atoms with Crippen molar-refractivity contribution in [1.82, 2.24) is 5.01 Å². The molecule has 1 aromatic carbocycles. The molecule has 1 rings (SSSR count). The Morgan fingerprint density at radius 3 is 1.28 bits per heavy atom. The number of aliphatic hydroxyl groups excluding tert-OH is 4. The lowest BCUT2D eigenvalue weighted by atomic mass is 10.3. The highest BCUT2D eigenvalue weighted by Crippen LogP contribution is 1.88. The molecular formula is C12H22N2O4. The van der Waals surface area contributed by atoms with E-state index >= 15 is 0 Å². The van der Waals surface area contributed by atoms with Gasteiger partial charge in [0.15, 0.2) is 0 Å². The minimum atomic E-state index is -0.916. The molecule has 0 aromatic heterocycles. The number of hydrogen-bond acceptors (Lipinski definition) is 6. The molecule has 0 aliphatic rings. The van der Waals surface area contributed by atoms with Crippen molar-refractivity contribution in [3.05, 3.63) is 36.4 Å². The summed E-state index contributed by atoms with van der Waals surface area (Å²) in [6.07, 6.45) is -1.83. The Morgan fingerprint density at radius 2 is 1.06 bits per heavy atom. The van der Waals surface area contributed by atoms with Crippen molar-refractivity contribution < 1.29 is 20.4 Å². The van der Waals surface area contributed by atoms with Gasteiger partial charge in [0.05, 0.1) is 25.4 Å². The largest absolute Gasteiger partial charge is 0.394 e. The maximum atomic E-state index is 8.90. The molecule has 104 valence electrons. The average molecular weight is 258 g/mol. The third-order valence-electron chi connectivity index (χ3n) is 1.98. The van der Waals surface area contributed by atoms with Gasteiger partial charge in [-0.05, 0) is 0 Å². The minimum Gasteiger partial charge on any atom is -0.394 e. The fourth-order valence-electron chi connectivity index (χ4n) is 1.12. The van der Waals surface area contributed by atoms with E-state index in [1.165, 1.54) is 0 Å². The first-order chi connectivity index (χ1) is 8.60. The Labute approximate surface area is 107 Å². The quantitative estimate of drug-likeness (QED) is 0.315. The zero-order valence-electron chi connectivity index (χ0n) is 10.3. The fraction of sp³-hybridized carbons (Fsp3) is 0.500. The predicted molar refractivity (Wildman–Crippen MR) is 68.4 cm³/mol. The third kappa shape index (κ3) is 10.2. The van der Waals surface area contributed by atoms with Gasteiger partial charge in [-0.3, -0.25) is 5.84 Å². The van der Waals surface area contributed by atoms with Crippen LogP contribution in [-0.4, -0.2) is 63.9 Å². The predicted octanol–water partition coefficient (Wildman–Crippen LogP) is -1.44. The smallest absolute Gasteiger partial charge is 0.0911 e. The Hall–Kier alpha value is -1.02. The van der Waals surface area contributed by atoms with Crippen molar-refractivity contribution in [2.45, 2.75) is 12.2 Å². The molecule has 0 aliphatic carbocycles. The number of hydrogen-bond donors (Lipinski definition) is 5. The molecule has 0 fully saturated rings. The molecule has 0 amide bonds. The van der Waals surface area contributed by atoms with Gasteiger partial charge >= 0.3 is 0 Å². The second kappa shape index (κ2) is 11.1. The first-order valence-electron chi connectivity index (χ1n) is 5.67. The summed E-state index contributed by atoms with van der Waals surface area (Å²) in [5, 5.41) is 35.8. The number of rotatable bonds is 6. The van der Waals surface area contributed by atoms with Crippen LogP contribution in [0.1, 0.15) is 0 Å². The summed E-state index contributed by atoms with van der Waals surface area (Å²) in [4.78, 5) is 0. The Morgan fingerprint density at radius 1 is 0.778 bits per heavy atom. The summed E-state index contributed by atoms with van der Waals surface area (Å²) in [7, 11) is 0. The van der Waals surface area contributed by atoms with Crippen molar-refractivity contribution in [2.75, 3.05) is 26.3 Å². The lowest BCUT2D eigenvalue weighted by Crippen LogP contribution is -2.44. The molecule has 0 radical (unpaired) electrons. The molecule has 0 saturated carbocycles. The minimum absolute atomic E-state index is 0.0631. The SMILES string of the molecule is NN(CC(O)CO)CC(O)CO.c1ccccc1. The lowest BCUT2D eigenvalue weighted by molar-refractivity contribution is 0.0232. The summed E-state index contributed by atoms with van der Waals surface area (Å²) in [6.45, 7) is -0.618. The van der Waals surface area contributed by atoms with Crippen molar-refractivity contribution in [3.63, 3.8) is 0 Å². The molecule has 0 aliphatic heterocycles. The van der Waals surface area contributed by atoms with E-state index in [1.54, 1.807) is 0 Å². The maximum Gasteiger partial charge on any atom is 0.0911 e. The van der Waals surface area contributed by atoms with Crippen LogP contribution in [0, 0.1) is 0 Å². The van der Waals surface area contributed by atoms with Crippen molar-refractivity contribution in [1.29, 1.82) is 0 Å². The van der Waals surface area contributed by atoms with Gasteiger partial charge in [0.1, 0.15) is 0 Å². The highest BCUT2D eigenvalue weighted by Gasteiger charge is 2.10. The van der Waals surface area contributed by atoms with Gasteiger partial charge in [0.2, 0.25) is 0 Å².